The van der Waals surface area contributed by atoms with Gasteiger partial charge in [0.1, 0.15) is 6.29 Å². The number of aliphatic hydroxyl groups is 1. The van der Waals surface area contributed by atoms with Crippen LogP contribution in [0.1, 0.15) is 33.6 Å². The maximum Gasteiger partial charge on any atom is 0.145 e. The molecule has 1 N–H and O–H groups in total. The Kier molecular flexibility index (Phi) is 5.64. The lowest BCUT2D eigenvalue weighted by Gasteiger charge is -2.14. The standard InChI is InChI=1S/C10H18O2/c1-4-9(3)10(12)6-5-8(2)7-11/h5,7,9-10,12H,4,6H2,1-3H3/b8-5+. The van der Waals surface area contributed by atoms with Crippen LogP contribution in [-0.2, 0) is 4.79 Å². The number of carbonyl (C=O) groups excluding carboxylic acids is 1. The molecule has 0 saturated heterocycles. The fourth-order valence-electron chi connectivity index (χ4n) is 0.859. The summed E-state index contributed by atoms with van der Waals surface area (Å²) in [5.41, 5.74) is 0.692. The Hall–Kier alpha value is -0.630. The molecule has 0 aromatic rings. The van der Waals surface area contributed by atoms with Crippen LogP contribution in [0.25, 0.3) is 0 Å². The molecule has 0 fully saturated rings. The predicted octanol–water partition coefficient (Wildman–Crippen LogP) is 1.93. The van der Waals surface area contributed by atoms with Crippen molar-refractivity contribution in [1.29, 1.82) is 0 Å². The van der Waals surface area contributed by atoms with Gasteiger partial charge >= 0.3 is 0 Å². The molecule has 0 heterocycles. The van der Waals surface area contributed by atoms with Gasteiger partial charge in [0.15, 0.2) is 0 Å². The van der Waals surface area contributed by atoms with Crippen LogP contribution in [0, 0.1) is 5.92 Å². The van der Waals surface area contributed by atoms with Gasteiger partial charge in [-0.05, 0) is 24.8 Å². The molecule has 2 nitrogen and oxygen atoms in total. The third kappa shape index (κ3) is 4.29. The fraction of sp³-hybridized carbons (Fsp3) is 0.700. The molecule has 2 unspecified atom stereocenters. The summed E-state index contributed by atoms with van der Waals surface area (Å²) in [6.45, 7) is 5.80. The van der Waals surface area contributed by atoms with Gasteiger partial charge in [-0.25, -0.2) is 0 Å². The number of rotatable bonds is 5. The minimum Gasteiger partial charge on any atom is -0.393 e. The van der Waals surface area contributed by atoms with Crippen molar-refractivity contribution in [3.63, 3.8) is 0 Å². The highest BCUT2D eigenvalue weighted by Crippen LogP contribution is 2.11. The van der Waals surface area contributed by atoms with Crippen molar-refractivity contribution in [1.82, 2.24) is 0 Å². The summed E-state index contributed by atoms with van der Waals surface area (Å²) in [7, 11) is 0. The summed E-state index contributed by atoms with van der Waals surface area (Å²) in [6.07, 6.45) is 3.83. The molecule has 70 valence electrons. The molecule has 12 heavy (non-hydrogen) atoms. The summed E-state index contributed by atoms with van der Waals surface area (Å²) in [5.74, 6) is 0.306. The second-order valence-corrected chi connectivity index (χ2v) is 3.25. The van der Waals surface area contributed by atoms with Crippen LogP contribution in [-0.4, -0.2) is 17.5 Å². The van der Waals surface area contributed by atoms with Crippen LogP contribution < -0.4 is 0 Å². The smallest absolute Gasteiger partial charge is 0.145 e. The van der Waals surface area contributed by atoms with Gasteiger partial charge in [0, 0.05) is 0 Å². The third-order valence-corrected chi connectivity index (χ3v) is 2.17. The lowest BCUT2D eigenvalue weighted by atomic mass is 9.99. The molecule has 2 heteroatoms. The van der Waals surface area contributed by atoms with Crippen LogP contribution in [0.3, 0.4) is 0 Å². The molecule has 0 aliphatic rings. The highest BCUT2D eigenvalue weighted by atomic mass is 16.3. The Morgan fingerprint density at radius 3 is 2.58 bits per heavy atom. The Morgan fingerprint density at radius 1 is 1.58 bits per heavy atom. The van der Waals surface area contributed by atoms with E-state index in [1.807, 2.05) is 13.8 Å². The molecule has 0 aromatic carbocycles. The first-order valence-electron chi connectivity index (χ1n) is 4.41. The number of allylic oxidation sites excluding steroid dienone is 1. The van der Waals surface area contributed by atoms with E-state index in [1.54, 1.807) is 13.0 Å². The minimum atomic E-state index is -0.315. The van der Waals surface area contributed by atoms with Gasteiger partial charge in [0.05, 0.1) is 6.10 Å². The molecule has 0 bridgehead atoms. The van der Waals surface area contributed by atoms with Gasteiger partial charge in [-0.2, -0.15) is 0 Å². The molecule has 0 rings (SSSR count). The monoisotopic (exact) mass is 170 g/mol. The Labute approximate surface area is 74.3 Å². The highest BCUT2D eigenvalue weighted by Gasteiger charge is 2.09. The summed E-state index contributed by atoms with van der Waals surface area (Å²) in [5, 5.41) is 9.50. The molecule has 0 radical (unpaired) electrons. The Balaban J connectivity index is 3.84. The van der Waals surface area contributed by atoms with E-state index in [4.69, 9.17) is 0 Å². The zero-order valence-corrected chi connectivity index (χ0v) is 8.08. The van der Waals surface area contributed by atoms with Crippen molar-refractivity contribution in [2.75, 3.05) is 0 Å². The quantitative estimate of drug-likeness (QED) is 0.505. The molecule has 2 atom stereocenters. The lowest BCUT2D eigenvalue weighted by Crippen LogP contribution is -2.15. The van der Waals surface area contributed by atoms with E-state index in [2.05, 4.69) is 0 Å². The van der Waals surface area contributed by atoms with Crippen molar-refractivity contribution in [3.8, 4) is 0 Å². The van der Waals surface area contributed by atoms with E-state index in [9.17, 15) is 9.90 Å². The first kappa shape index (κ1) is 11.4. The minimum absolute atomic E-state index is 0.306. The van der Waals surface area contributed by atoms with Crippen molar-refractivity contribution in [2.24, 2.45) is 5.92 Å². The van der Waals surface area contributed by atoms with Crippen LogP contribution in [0.2, 0.25) is 0 Å². The van der Waals surface area contributed by atoms with Crippen LogP contribution in [0.5, 0.6) is 0 Å². The van der Waals surface area contributed by atoms with E-state index in [0.29, 0.717) is 17.9 Å². The summed E-state index contributed by atoms with van der Waals surface area (Å²) < 4.78 is 0. The highest BCUT2D eigenvalue weighted by molar-refractivity contribution is 5.71. The molecule has 0 spiro atoms. The van der Waals surface area contributed by atoms with Crippen molar-refractivity contribution in [2.45, 2.75) is 39.7 Å². The van der Waals surface area contributed by atoms with Crippen LogP contribution in [0.4, 0.5) is 0 Å². The zero-order chi connectivity index (χ0) is 9.56. The Bertz CT molecular complexity index is 161. The van der Waals surface area contributed by atoms with E-state index in [-0.39, 0.29) is 6.10 Å². The molecule has 0 aliphatic carbocycles. The molecular weight excluding hydrogens is 152 g/mol. The van der Waals surface area contributed by atoms with Gasteiger partial charge in [-0.3, -0.25) is 4.79 Å². The largest absolute Gasteiger partial charge is 0.393 e. The van der Waals surface area contributed by atoms with Crippen molar-refractivity contribution >= 4 is 6.29 Å². The first-order valence-corrected chi connectivity index (χ1v) is 4.41. The average Bonchev–Trinajstić information content (AvgIpc) is 2.11. The topological polar surface area (TPSA) is 37.3 Å². The summed E-state index contributed by atoms with van der Waals surface area (Å²) >= 11 is 0. The fourth-order valence-corrected chi connectivity index (χ4v) is 0.859. The van der Waals surface area contributed by atoms with Gasteiger partial charge < -0.3 is 5.11 Å². The zero-order valence-electron chi connectivity index (χ0n) is 8.08. The third-order valence-electron chi connectivity index (χ3n) is 2.17. The van der Waals surface area contributed by atoms with Crippen molar-refractivity contribution in [3.05, 3.63) is 11.6 Å². The number of hydrogen-bond acceptors (Lipinski definition) is 2. The maximum absolute atomic E-state index is 10.2. The lowest BCUT2D eigenvalue weighted by molar-refractivity contribution is -0.104. The van der Waals surface area contributed by atoms with Crippen molar-refractivity contribution < 1.29 is 9.90 Å². The molecule has 0 aliphatic heterocycles. The summed E-state index contributed by atoms with van der Waals surface area (Å²) in [6, 6.07) is 0. The molecule has 0 aromatic heterocycles. The maximum atomic E-state index is 10.2. The number of carbonyl (C=O) groups is 1. The van der Waals surface area contributed by atoms with E-state index >= 15 is 0 Å². The van der Waals surface area contributed by atoms with Gasteiger partial charge in [0.2, 0.25) is 0 Å². The number of aliphatic hydroxyl groups excluding tert-OH is 1. The van der Waals surface area contributed by atoms with Gasteiger partial charge in [-0.1, -0.05) is 26.3 Å². The summed E-state index contributed by atoms with van der Waals surface area (Å²) in [4.78, 5) is 10.2. The van der Waals surface area contributed by atoms with Crippen LogP contribution in [0.15, 0.2) is 11.6 Å². The second kappa shape index (κ2) is 5.95. The second-order valence-electron chi connectivity index (χ2n) is 3.25. The van der Waals surface area contributed by atoms with Gasteiger partial charge in [-0.15, -0.1) is 0 Å². The van der Waals surface area contributed by atoms with E-state index in [1.165, 1.54) is 0 Å². The molecule has 0 saturated carbocycles. The van der Waals surface area contributed by atoms with Gasteiger partial charge in [0.25, 0.3) is 0 Å². The van der Waals surface area contributed by atoms with E-state index in [0.717, 1.165) is 12.7 Å². The molecular formula is C10H18O2. The average molecular weight is 170 g/mol. The SMILES string of the molecule is CCC(C)C(O)C/C=C(\C)C=O. The van der Waals surface area contributed by atoms with E-state index < -0.39 is 0 Å². The first-order chi connectivity index (χ1) is 5.61. The predicted molar refractivity (Wildman–Crippen MR) is 49.9 cm³/mol. The normalized spacial score (nSPS) is 17.2. The number of aldehydes is 1. The Morgan fingerprint density at radius 2 is 2.17 bits per heavy atom. The number of hydrogen-bond donors (Lipinski definition) is 1. The molecule has 0 amide bonds. The van der Waals surface area contributed by atoms with Crippen LogP contribution >= 0.6 is 0 Å².